The van der Waals surface area contributed by atoms with Gasteiger partial charge in [-0.2, -0.15) is 0 Å². The topological polar surface area (TPSA) is 47.2 Å². The van der Waals surface area contributed by atoms with Crippen molar-refractivity contribution in [3.8, 4) is 0 Å². The van der Waals surface area contributed by atoms with Gasteiger partial charge in [0.05, 0.1) is 5.69 Å². The number of hydrogen-bond donors (Lipinski definition) is 2. The highest BCUT2D eigenvalue weighted by molar-refractivity contribution is 5.66. The summed E-state index contributed by atoms with van der Waals surface area (Å²) in [6.45, 7) is 13.0. The van der Waals surface area contributed by atoms with Crippen molar-refractivity contribution in [2.75, 3.05) is 29.9 Å². The zero-order valence-corrected chi connectivity index (χ0v) is 16.6. The van der Waals surface area contributed by atoms with Crippen LogP contribution in [0, 0.1) is 6.92 Å². The van der Waals surface area contributed by atoms with E-state index in [-0.39, 0.29) is 0 Å². The fourth-order valence-electron chi connectivity index (χ4n) is 3.86. The van der Waals surface area contributed by atoms with Crippen LogP contribution in [0.2, 0.25) is 0 Å². The van der Waals surface area contributed by atoms with Gasteiger partial charge in [-0.1, -0.05) is 0 Å². The third-order valence-electron chi connectivity index (χ3n) is 5.13. The van der Waals surface area contributed by atoms with Gasteiger partial charge in [0.1, 0.15) is 0 Å². The minimum Gasteiger partial charge on any atom is -0.380 e. The Labute approximate surface area is 157 Å². The molecule has 1 aliphatic heterocycles. The van der Waals surface area contributed by atoms with Gasteiger partial charge in [0.2, 0.25) is 0 Å². The van der Waals surface area contributed by atoms with E-state index in [4.69, 9.17) is 4.98 Å². The molecule has 2 aromatic heterocycles. The zero-order valence-electron chi connectivity index (χ0n) is 16.6. The van der Waals surface area contributed by atoms with Crippen LogP contribution < -0.4 is 10.2 Å². The van der Waals surface area contributed by atoms with Crippen LogP contribution in [-0.2, 0) is 6.54 Å². The molecule has 3 rings (SSSR count). The lowest BCUT2D eigenvalue weighted by atomic mass is 10.0. The van der Waals surface area contributed by atoms with E-state index in [0.717, 1.165) is 43.4 Å². The number of aromatic amines is 1. The molecule has 3 heterocycles. The molecule has 0 aromatic carbocycles. The Bertz CT molecular complexity index is 672. The van der Waals surface area contributed by atoms with Crippen LogP contribution in [0.15, 0.2) is 30.5 Å². The van der Waals surface area contributed by atoms with Crippen molar-refractivity contribution in [1.82, 2.24) is 14.9 Å². The Morgan fingerprint density at radius 2 is 2.04 bits per heavy atom. The van der Waals surface area contributed by atoms with Gasteiger partial charge in [-0.3, -0.25) is 4.90 Å². The number of anilines is 2. The van der Waals surface area contributed by atoms with Crippen molar-refractivity contribution in [2.45, 2.75) is 59.2 Å². The molecule has 2 aromatic rings. The molecule has 5 nitrogen and oxygen atoms in total. The van der Waals surface area contributed by atoms with E-state index >= 15 is 0 Å². The molecular formula is C21H33N5. The van der Waals surface area contributed by atoms with Gasteiger partial charge in [0, 0.05) is 55.8 Å². The quantitative estimate of drug-likeness (QED) is 0.787. The molecule has 0 radical (unpaired) electrons. The average molecular weight is 356 g/mol. The van der Waals surface area contributed by atoms with Crippen LogP contribution in [0.4, 0.5) is 11.5 Å². The van der Waals surface area contributed by atoms with Crippen molar-refractivity contribution in [3.05, 3.63) is 41.9 Å². The molecule has 1 saturated heterocycles. The minimum atomic E-state index is 0.402. The van der Waals surface area contributed by atoms with Crippen molar-refractivity contribution in [1.29, 1.82) is 0 Å². The van der Waals surface area contributed by atoms with Gasteiger partial charge in [0.25, 0.3) is 0 Å². The SMILES string of the molecule is CCN(c1nc(C)ccc1NC(C)C)C1CCN(Cc2ccc[nH]2)CC1. The summed E-state index contributed by atoms with van der Waals surface area (Å²) in [5.74, 6) is 1.11. The second-order valence-corrected chi connectivity index (χ2v) is 7.61. The molecule has 0 amide bonds. The number of rotatable bonds is 7. The summed E-state index contributed by atoms with van der Waals surface area (Å²) >= 11 is 0. The fourth-order valence-corrected chi connectivity index (χ4v) is 3.86. The van der Waals surface area contributed by atoms with Crippen molar-refractivity contribution >= 4 is 11.5 Å². The molecule has 5 heteroatoms. The third kappa shape index (κ3) is 4.58. The molecule has 2 N–H and O–H groups in total. The predicted molar refractivity (Wildman–Crippen MR) is 110 cm³/mol. The second kappa shape index (κ2) is 8.58. The number of piperidine rings is 1. The van der Waals surface area contributed by atoms with E-state index < -0.39 is 0 Å². The number of nitrogens with zero attached hydrogens (tertiary/aromatic N) is 3. The maximum absolute atomic E-state index is 4.90. The largest absolute Gasteiger partial charge is 0.380 e. The molecule has 26 heavy (non-hydrogen) atoms. The van der Waals surface area contributed by atoms with Crippen molar-refractivity contribution in [2.24, 2.45) is 0 Å². The Morgan fingerprint density at radius 1 is 1.27 bits per heavy atom. The number of nitrogens with one attached hydrogen (secondary N) is 2. The van der Waals surface area contributed by atoms with E-state index in [0.29, 0.717) is 12.1 Å². The summed E-state index contributed by atoms with van der Waals surface area (Å²) in [5, 5.41) is 3.57. The molecule has 142 valence electrons. The summed E-state index contributed by atoms with van der Waals surface area (Å²) < 4.78 is 0. The monoisotopic (exact) mass is 355 g/mol. The summed E-state index contributed by atoms with van der Waals surface area (Å²) in [6.07, 6.45) is 4.38. The Morgan fingerprint density at radius 3 is 2.65 bits per heavy atom. The van der Waals surface area contributed by atoms with Gasteiger partial charge in [-0.15, -0.1) is 0 Å². The van der Waals surface area contributed by atoms with Gasteiger partial charge in [-0.25, -0.2) is 4.98 Å². The molecule has 1 fully saturated rings. The fraction of sp³-hybridized carbons (Fsp3) is 0.571. The third-order valence-corrected chi connectivity index (χ3v) is 5.13. The van der Waals surface area contributed by atoms with Crippen LogP contribution in [0.25, 0.3) is 0 Å². The van der Waals surface area contributed by atoms with Crippen LogP contribution in [0.5, 0.6) is 0 Å². The summed E-state index contributed by atoms with van der Waals surface area (Å²) in [6, 6.07) is 9.49. The van der Waals surface area contributed by atoms with Crippen molar-refractivity contribution < 1.29 is 0 Å². The number of H-pyrrole nitrogens is 1. The normalized spacial score (nSPS) is 16.2. The predicted octanol–water partition coefficient (Wildman–Crippen LogP) is 4.03. The van der Waals surface area contributed by atoms with E-state index in [1.54, 1.807) is 0 Å². The number of aromatic nitrogens is 2. The molecular weight excluding hydrogens is 322 g/mol. The lowest BCUT2D eigenvalue weighted by Gasteiger charge is -2.39. The zero-order chi connectivity index (χ0) is 18.5. The van der Waals surface area contributed by atoms with Crippen LogP contribution in [-0.4, -0.2) is 46.6 Å². The molecule has 0 aliphatic carbocycles. The standard InChI is InChI=1S/C21H33N5/c1-5-26(21-20(23-16(2)3)9-8-17(4)24-21)19-10-13-25(14-11-19)15-18-7-6-12-22-18/h6-9,12,16,19,22-23H,5,10-11,13-15H2,1-4H3. The number of likely N-dealkylation sites (tertiary alicyclic amines) is 1. The molecule has 0 spiro atoms. The lowest BCUT2D eigenvalue weighted by Crippen LogP contribution is -2.45. The van der Waals surface area contributed by atoms with Gasteiger partial charge >= 0.3 is 0 Å². The number of aryl methyl sites for hydroxylation is 1. The van der Waals surface area contributed by atoms with Crippen LogP contribution in [0.3, 0.4) is 0 Å². The first kappa shape index (κ1) is 18.8. The Hall–Kier alpha value is -2.01. The minimum absolute atomic E-state index is 0.402. The highest BCUT2D eigenvalue weighted by Gasteiger charge is 2.26. The molecule has 1 aliphatic rings. The maximum Gasteiger partial charge on any atom is 0.152 e. The van der Waals surface area contributed by atoms with Gasteiger partial charge in [-0.05, 0) is 64.8 Å². The highest BCUT2D eigenvalue weighted by Crippen LogP contribution is 2.29. The summed E-state index contributed by atoms with van der Waals surface area (Å²) in [4.78, 5) is 13.3. The first-order valence-electron chi connectivity index (χ1n) is 9.92. The molecule has 0 bridgehead atoms. The number of hydrogen-bond acceptors (Lipinski definition) is 4. The molecule has 0 atom stereocenters. The van der Waals surface area contributed by atoms with E-state index in [1.165, 1.54) is 18.5 Å². The summed E-state index contributed by atoms with van der Waals surface area (Å²) in [7, 11) is 0. The smallest absolute Gasteiger partial charge is 0.152 e. The van der Waals surface area contributed by atoms with E-state index in [2.05, 4.69) is 72.1 Å². The van der Waals surface area contributed by atoms with E-state index in [1.807, 2.05) is 6.20 Å². The van der Waals surface area contributed by atoms with E-state index in [9.17, 15) is 0 Å². The maximum atomic E-state index is 4.90. The highest BCUT2D eigenvalue weighted by atomic mass is 15.3. The number of pyridine rings is 1. The Kier molecular flexibility index (Phi) is 6.20. The first-order chi connectivity index (χ1) is 12.6. The second-order valence-electron chi connectivity index (χ2n) is 7.61. The van der Waals surface area contributed by atoms with Gasteiger partial charge in [0.15, 0.2) is 5.82 Å². The summed E-state index contributed by atoms with van der Waals surface area (Å²) in [5.41, 5.74) is 3.54. The van der Waals surface area contributed by atoms with Crippen molar-refractivity contribution in [3.63, 3.8) is 0 Å². The van der Waals surface area contributed by atoms with Crippen LogP contribution in [0.1, 0.15) is 45.0 Å². The lowest BCUT2D eigenvalue weighted by molar-refractivity contribution is 0.200. The average Bonchev–Trinajstić information content (AvgIpc) is 3.12. The first-order valence-corrected chi connectivity index (χ1v) is 9.92. The Balaban J connectivity index is 1.69. The van der Waals surface area contributed by atoms with Gasteiger partial charge < -0.3 is 15.2 Å². The molecule has 0 unspecified atom stereocenters. The molecule has 0 saturated carbocycles. The van der Waals surface area contributed by atoms with Crippen LogP contribution >= 0.6 is 0 Å².